The SMILES string of the molecule is CCC(CC)(Oc1cccc(-n2nc(-c3ccc(F)cc3)c3cccnc32)c1)C(N)=O. The van der Waals surface area contributed by atoms with E-state index in [-0.39, 0.29) is 5.82 Å². The van der Waals surface area contributed by atoms with Crippen LogP contribution in [0.4, 0.5) is 4.39 Å². The molecule has 0 radical (unpaired) electrons. The van der Waals surface area contributed by atoms with Crippen molar-refractivity contribution >= 4 is 16.9 Å². The number of hydrogen-bond acceptors (Lipinski definition) is 4. The summed E-state index contributed by atoms with van der Waals surface area (Å²) in [6, 6.07) is 17.3. The summed E-state index contributed by atoms with van der Waals surface area (Å²) in [6.07, 6.45) is 2.62. The molecular weight excluding hydrogens is 395 g/mol. The minimum atomic E-state index is -1.07. The Bertz CT molecular complexity index is 1230. The van der Waals surface area contributed by atoms with Crippen LogP contribution in [-0.4, -0.2) is 26.3 Å². The van der Waals surface area contributed by atoms with Gasteiger partial charge in [0, 0.05) is 23.2 Å². The molecule has 158 valence electrons. The summed E-state index contributed by atoms with van der Waals surface area (Å²) < 4.78 is 21.2. The molecule has 31 heavy (non-hydrogen) atoms. The van der Waals surface area contributed by atoms with E-state index in [2.05, 4.69) is 4.98 Å². The molecule has 0 fully saturated rings. The summed E-state index contributed by atoms with van der Waals surface area (Å²) in [6.45, 7) is 3.75. The molecule has 0 unspecified atom stereocenters. The van der Waals surface area contributed by atoms with Crippen molar-refractivity contribution in [3.8, 4) is 22.7 Å². The number of nitrogens with zero attached hydrogens (tertiary/aromatic N) is 3. The number of hydrogen-bond donors (Lipinski definition) is 1. The first kappa shape index (κ1) is 20.5. The highest BCUT2D eigenvalue weighted by molar-refractivity contribution is 5.92. The number of primary amides is 1. The van der Waals surface area contributed by atoms with Crippen molar-refractivity contribution in [3.05, 3.63) is 72.7 Å². The first-order valence-electron chi connectivity index (χ1n) is 10.2. The molecule has 0 saturated heterocycles. The molecule has 2 aromatic carbocycles. The molecule has 0 aliphatic carbocycles. The standard InChI is InChI=1S/C24H23FN4O2/c1-3-24(4-2,23(26)30)31-19-8-5-7-18(15-19)29-22-20(9-6-14-27-22)21(28-29)16-10-12-17(25)13-11-16/h5-15H,3-4H2,1-2H3,(H2,26,30). The van der Waals surface area contributed by atoms with Crippen LogP contribution in [0, 0.1) is 5.82 Å². The molecule has 2 aromatic heterocycles. The summed E-state index contributed by atoms with van der Waals surface area (Å²) in [5, 5.41) is 5.60. The molecule has 0 aliphatic heterocycles. The van der Waals surface area contributed by atoms with Gasteiger partial charge in [-0.05, 0) is 61.4 Å². The van der Waals surface area contributed by atoms with Gasteiger partial charge in [-0.25, -0.2) is 14.1 Å². The summed E-state index contributed by atoms with van der Waals surface area (Å²) in [4.78, 5) is 16.5. The van der Waals surface area contributed by atoms with Gasteiger partial charge < -0.3 is 10.5 Å². The largest absolute Gasteiger partial charge is 0.477 e. The zero-order chi connectivity index (χ0) is 22.0. The minimum absolute atomic E-state index is 0.305. The fraction of sp³-hybridized carbons (Fsp3) is 0.208. The normalized spacial score (nSPS) is 11.6. The van der Waals surface area contributed by atoms with Crippen molar-refractivity contribution in [2.24, 2.45) is 5.73 Å². The van der Waals surface area contributed by atoms with Crippen molar-refractivity contribution in [2.45, 2.75) is 32.3 Å². The summed E-state index contributed by atoms with van der Waals surface area (Å²) in [5.74, 6) is -0.282. The third-order valence-electron chi connectivity index (χ3n) is 5.53. The minimum Gasteiger partial charge on any atom is -0.477 e. The molecule has 0 saturated carbocycles. The van der Waals surface area contributed by atoms with Crippen molar-refractivity contribution in [1.29, 1.82) is 0 Å². The van der Waals surface area contributed by atoms with E-state index in [9.17, 15) is 9.18 Å². The van der Waals surface area contributed by atoms with Crippen LogP contribution in [0.5, 0.6) is 5.75 Å². The van der Waals surface area contributed by atoms with Gasteiger partial charge in [0.05, 0.1) is 5.69 Å². The number of aromatic nitrogens is 3. The number of halogens is 1. The van der Waals surface area contributed by atoms with Crippen molar-refractivity contribution in [2.75, 3.05) is 0 Å². The van der Waals surface area contributed by atoms with Crippen LogP contribution in [0.3, 0.4) is 0 Å². The third-order valence-corrected chi connectivity index (χ3v) is 5.53. The summed E-state index contributed by atoms with van der Waals surface area (Å²) >= 11 is 0. The van der Waals surface area contributed by atoms with Gasteiger partial charge in [0.2, 0.25) is 0 Å². The van der Waals surface area contributed by atoms with Gasteiger partial charge in [0.1, 0.15) is 17.3 Å². The monoisotopic (exact) mass is 418 g/mol. The molecule has 6 nitrogen and oxygen atoms in total. The number of amides is 1. The maximum atomic E-state index is 13.4. The fourth-order valence-corrected chi connectivity index (χ4v) is 3.65. The molecule has 4 aromatic rings. The average Bonchev–Trinajstić information content (AvgIpc) is 3.18. The van der Waals surface area contributed by atoms with E-state index in [0.717, 1.165) is 16.6 Å². The number of carbonyl (C=O) groups is 1. The highest BCUT2D eigenvalue weighted by Gasteiger charge is 2.35. The second-order valence-electron chi connectivity index (χ2n) is 7.31. The van der Waals surface area contributed by atoms with Gasteiger partial charge in [0.25, 0.3) is 5.91 Å². The fourth-order valence-electron chi connectivity index (χ4n) is 3.65. The molecule has 0 spiro atoms. The lowest BCUT2D eigenvalue weighted by Crippen LogP contribution is -2.48. The first-order valence-corrected chi connectivity index (χ1v) is 10.2. The van der Waals surface area contributed by atoms with E-state index in [1.165, 1.54) is 12.1 Å². The predicted octanol–water partition coefficient (Wildman–Crippen LogP) is 4.65. The van der Waals surface area contributed by atoms with Crippen LogP contribution in [-0.2, 0) is 4.79 Å². The Morgan fingerprint density at radius 2 is 1.84 bits per heavy atom. The predicted molar refractivity (Wildman–Crippen MR) is 117 cm³/mol. The van der Waals surface area contributed by atoms with Gasteiger partial charge in [-0.1, -0.05) is 19.9 Å². The Hall–Kier alpha value is -3.74. The van der Waals surface area contributed by atoms with Crippen LogP contribution in [0.15, 0.2) is 66.9 Å². The van der Waals surface area contributed by atoms with E-state index in [0.29, 0.717) is 29.9 Å². The van der Waals surface area contributed by atoms with Gasteiger partial charge in [-0.2, -0.15) is 5.10 Å². The lowest BCUT2D eigenvalue weighted by atomic mass is 9.96. The second kappa shape index (κ2) is 8.18. The molecule has 0 bridgehead atoms. The number of fused-ring (bicyclic) bond motifs is 1. The first-order chi connectivity index (χ1) is 15.0. The number of ether oxygens (including phenoxy) is 1. The number of carbonyl (C=O) groups excluding carboxylic acids is 1. The Labute approximate surface area is 179 Å². The van der Waals surface area contributed by atoms with Crippen LogP contribution in [0.2, 0.25) is 0 Å². The average molecular weight is 418 g/mol. The smallest absolute Gasteiger partial charge is 0.261 e. The Balaban J connectivity index is 1.81. The maximum absolute atomic E-state index is 13.4. The topological polar surface area (TPSA) is 83.0 Å². The number of rotatable bonds is 7. The molecule has 7 heteroatoms. The molecule has 0 atom stereocenters. The number of nitrogens with two attached hydrogens (primary N) is 1. The number of pyridine rings is 1. The summed E-state index contributed by atoms with van der Waals surface area (Å²) in [5.41, 5.74) is 7.42. The molecule has 2 N–H and O–H groups in total. The Morgan fingerprint density at radius 3 is 2.52 bits per heavy atom. The molecule has 2 heterocycles. The van der Waals surface area contributed by atoms with Crippen molar-refractivity contribution in [1.82, 2.24) is 14.8 Å². The van der Waals surface area contributed by atoms with Crippen LogP contribution >= 0.6 is 0 Å². The highest BCUT2D eigenvalue weighted by atomic mass is 19.1. The van der Waals surface area contributed by atoms with Crippen molar-refractivity contribution < 1.29 is 13.9 Å². The van der Waals surface area contributed by atoms with E-state index in [1.54, 1.807) is 35.1 Å². The third kappa shape index (κ3) is 3.74. The van der Waals surface area contributed by atoms with Crippen LogP contribution in [0.25, 0.3) is 28.0 Å². The lowest BCUT2D eigenvalue weighted by Gasteiger charge is -2.29. The molecule has 0 aliphatic rings. The highest BCUT2D eigenvalue weighted by Crippen LogP contribution is 2.31. The molecular formula is C24H23FN4O2. The maximum Gasteiger partial charge on any atom is 0.261 e. The molecule has 4 rings (SSSR count). The van der Waals surface area contributed by atoms with Crippen molar-refractivity contribution in [3.63, 3.8) is 0 Å². The van der Waals surface area contributed by atoms with Gasteiger partial charge in [-0.3, -0.25) is 4.79 Å². The zero-order valence-electron chi connectivity index (χ0n) is 17.4. The van der Waals surface area contributed by atoms with Crippen LogP contribution in [0.1, 0.15) is 26.7 Å². The summed E-state index contributed by atoms with van der Waals surface area (Å²) in [7, 11) is 0. The van der Waals surface area contributed by atoms with E-state index in [4.69, 9.17) is 15.6 Å². The second-order valence-corrected chi connectivity index (χ2v) is 7.31. The molecule has 1 amide bonds. The van der Waals surface area contributed by atoms with Gasteiger partial charge >= 0.3 is 0 Å². The quantitative estimate of drug-likeness (QED) is 0.474. The lowest BCUT2D eigenvalue weighted by molar-refractivity contribution is -0.134. The van der Waals surface area contributed by atoms with Gasteiger partial charge in [-0.15, -0.1) is 0 Å². The zero-order valence-corrected chi connectivity index (χ0v) is 17.4. The van der Waals surface area contributed by atoms with E-state index in [1.807, 2.05) is 38.1 Å². The van der Waals surface area contributed by atoms with Crippen LogP contribution < -0.4 is 10.5 Å². The van der Waals surface area contributed by atoms with Gasteiger partial charge in [0.15, 0.2) is 11.2 Å². The number of benzene rings is 2. The Morgan fingerprint density at radius 1 is 1.10 bits per heavy atom. The Kier molecular flexibility index (Phi) is 5.42. The van der Waals surface area contributed by atoms with E-state index >= 15 is 0 Å². The van der Waals surface area contributed by atoms with E-state index < -0.39 is 11.5 Å².